The maximum absolute atomic E-state index is 13.0. The van der Waals surface area contributed by atoms with E-state index >= 15 is 0 Å². The first-order chi connectivity index (χ1) is 13.7. The number of halogens is 2. The minimum Gasteiger partial charge on any atom is -0.489 e. The van der Waals surface area contributed by atoms with Gasteiger partial charge in [0, 0.05) is 55.9 Å². The van der Waals surface area contributed by atoms with Crippen LogP contribution in [0.4, 0.5) is 0 Å². The zero-order chi connectivity index (χ0) is 19.3. The monoisotopic (exact) mass is 435 g/mol. The molecule has 2 fully saturated rings. The Bertz CT molecular complexity index is 810. The van der Waals surface area contributed by atoms with Crippen molar-refractivity contribution >= 4 is 29.9 Å². The van der Waals surface area contributed by atoms with Gasteiger partial charge in [-0.1, -0.05) is 29.8 Å². The van der Waals surface area contributed by atoms with E-state index in [0.717, 1.165) is 51.3 Å². The molecule has 2 aliphatic rings. The molecule has 1 amide bonds. The zero-order valence-corrected chi connectivity index (χ0v) is 17.9. The van der Waals surface area contributed by atoms with Crippen LogP contribution in [0.1, 0.15) is 22.3 Å². The summed E-state index contributed by atoms with van der Waals surface area (Å²) >= 11 is 5.92. The molecular formula is C22H27Cl2N3O2. The molecule has 1 N–H and O–H groups in total. The highest BCUT2D eigenvalue weighted by molar-refractivity contribution is 6.30. The van der Waals surface area contributed by atoms with Gasteiger partial charge in [0.2, 0.25) is 0 Å². The third-order valence-electron chi connectivity index (χ3n) is 5.52. The smallest absolute Gasteiger partial charge is 0.254 e. The molecule has 0 radical (unpaired) electrons. The molecule has 5 nitrogen and oxygen atoms in total. The lowest BCUT2D eigenvalue weighted by molar-refractivity contribution is 0.0773. The Hall–Kier alpha value is -1.79. The Balaban J connectivity index is 0.00000240. The van der Waals surface area contributed by atoms with E-state index in [1.807, 2.05) is 53.4 Å². The second kappa shape index (κ2) is 10.3. The number of nitrogens with one attached hydrogen (secondary N) is 1. The van der Waals surface area contributed by atoms with E-state index in [-0.39, 0.29) is 18.3 Å². The van der Waals surface area contributed by atoms with Gasteiger partial charge in [0.1, 0.15) is 12.4 Å². The third kappa shape index (κ3) is 5.64. The van der Waals surface area contributed by atoms with Crippen LogP contribution in [0, 0.1) is 0 Å². The van der Waals surface area contributed by atoms with E-state index < -0.39 is 0 Å². The van der Waals surface area contributed by atoms with E-state index in [2.05, 4.69) is 10.2 Å². The van der Waals surface area contributed by atoms with Gasteiger partial charge in [-0.05, 0) is 42.3 Å². The lowest BCUT2D eigenvalue weighted by atomic mass is 10.2. The number of rotatable bonds is 5. The second-order valence-electron chi connectivity index (χ2n) is 7.42. The summed E-state index contributed by atoms with van der Waals surface area (Å²) in [7, 11) is 0. The highest BCUT2D eigenvalue weighted by atomic mass is 35.5. The summed E-state index contributed by atoms with van der Waals surface area (Å²) in [6.45, 7) is 6.30. The summed E-state index contributed by atoms with van der Waals surface area (Å²) in [6, 6.07) is 15.6. The van der Waals surface area contributed by atoms with E-state index in [1.165, 1.54) is 0 Å². The number of carbonyl (C=O) groups excluding carboxylic acids is 1. The normalized spacial score (nSPS) is 19.6. The molecule has 29 heavy (non-hydrogen) atoms. The van der Waals surface area contributed by atoms with Gasteiger partial charge in [-0.2, -0.15) is 0 Å². The Morgan fingerprint density at radius 2 is 1.86 bits per heavy atom. The van der Waals surface area contributed by atoms with Crippen molar-refractivity contribution in [2.24, 2.45) is 0 Å². The summed E-state index contributed by atoms with van der Waals surface area (Å²) in [5.41, 5.74) is 1.73. The fourth-order valence-corrected chi connectivity index (χ4v) is 4.05. The minimum atomic E-state index is 0. The van der Waals surface area contributed by atoms with Crippen LogP contribution in [-0.4, -0.2) is 61.0 Å². The molecule has 7 heteroatoms. The summed E-state index contributed by atoms with van der Waals surface area (Å²) in [5.74, 6) is 0.799. The van der Waals surface area contributed by atoms with Crippen LogP contribution in [-0.2, 0) is 6.61 Å². The van der Waals surface area contributed by atoms with Crippen molar-refractivity contribution in [1.29, 1.82) is 0 Å². The minimum absolute atomic E-state index is 0. The van der Waals surface area contributed by atoms with Gasteiger partial charge in [0.15, 0.2) is 0 Å². The third-order valence-corrected chi connectivity index (χ3v) is 5.77. The van der Waals surface area contributed by atoms with E-state index in [0.29, 0.717) is 29.0 Å². The number of hydrogen-bond acceptors (Lipinski definition) is 4. The van der Waals surface area contributed by atoms with Crippen LogP contribution in [0.5, 0.6) is 5.75 Å². The Morgan fingerprint density at radius 3 is 2.62 bits per heavy atom. The van der Waals surface area contributed by atoms with Crippen molar-refractivity contribution in [2.75, 3.05) is 39.3 Å². The molecule has 1 unspecified atom stereocenters. The first kappa shape index (κ1) is 21.9. The van der Waals surface area contributed by atoms with Crippen molar-refractivity contribution in [3.63, 3.8) is 0 Å². The van der Waals surface area contributed by atoms with Crippen molar-refractivity contribution in [1.82, 2.24) is 15.1 Å². The fraction of sp³-hybridized carbons (Fsp3) is 0.409. The van der Waals surface area contributed by atoms with Crippen LogP contribution in [0.2, 0.25) is 5.02 Å². The quantitative estimate of drug-likeness (QED) is 0.780. The zero-order valence-electron chi connectivity index (χ0n) is 16.4. The number of hydrogen-bond donors (Lipinski definition) is 1. The summed E-state index contributed by atoms with van der Waals surface area (Å²) in [5, 5.41) is 4.10. The predicted octanol–water partition coefficient (Wildman–Crippen LogP) is 3.46. The lowest BCUT2D eigenvalue weighted by Gasteiger charge is -2.32. The van der Waals surface area contributed by atoms with Gasteiger partial charge in [0.05, 0.1) is 0 Å². The van der Waals surface area contributed by atoms with Crippen LogP contribution in [0.25, 0.3) is 0 Å². The van der Waals surface area contributed by atoms with Crippen LogP contribution >= 0.6 is 24.0 Å². The lowest BCUT2D eigenvalue weighted by Crippen LogP contribution is -2.49. The molecule has 0 spiro atoms. The number of benzene rings is 2. The molecule has 2 aliphatic heterocycles. The number of piperazine rings is 1. The summed E-state index contributed by atoms with van der Waals surface area (Å²) in [6.07, 6.45) is 1.05. The average molecular weight is 436 g/mol. The molecular weight excluding hydrogens is 409 g/mol. The molecule has 156 valence electrons. The molecule has 1 atom stereocenters. The van der Waals surface area contributed by atoms with Crippen molar-refractivity contribution in [2.45, 2.75) is 19.1 Å². The van der Waals surface area contributed by atoms with E-state index in [1.54, 1.807) is 0 Å². The summed E-state index contributed by atoms with van der Waals surface area (Å²) in [4.78, 5) is 17.5. The molecule has 0 saturated carbocycles. The van der Waals surface area contributed by atoms with Crippen molar-refractivity contribution in [3.05, 3.63) is 64.7 Å². The van der Waals surface area contributed by atoms with Gasteiger partial charge in [0.25, 0.3) is 5.91 Å². The van der Waals surface area contributed by atoms with Crippen molar-refractivity contribution in [3.8, 4) is 5.75 Å². The maximum Gasteiger partial charge on any atom is 0.254 e. The van der Waals surface area contributed by atoms with Gasteiger partial charge in [-0.15, -0.1) is 12.4 Å². The largest absolute Gasteiger partial charge is 0.489 e. The Kier molecular flexibility index (Phi) is 7.78. The number of ether oxygens (including phenoxy) is 1. The van der Waals surface area contributed by atoms with E-state index in [4.69, 9.17) is 16.3 Å². The Morgan fingerprint density at radius 1 is 1.10 bits per heavy atom. The predicted molar refractivity (Wildman–Crippen MR) is 118 cm³/mol. The molecule has 0 bridgehead atoms. The maximum atomic E-state index is 13.0. The topological polar surface area (TPSA) is 44.8 Å². The van der Waals surface area contributed by atoms with Crippen LogP contribution in [0.15, 0.2) is 48.5 Å². The van der Waals surface area contributed by atoms with E-state index in [9.17, 15) is 4.79 Å². The molecule has 2 aromatic rings. The van der Waals surface area contributed by atoms with Crippen molar-refractivity contribution < 1.29 is 9.53 Å². The summed E-state index contributed by atoms with van der Waals surface area (Å²) < 4.78 is 5.87. The number of nitrogens with zero attached hydrogens (tertiary/aromatic N) is 2. The number of amides is 1. The van der Waals surface area contributed by atoms with Gasteiger partial charge >= 0.3 is 0 Å². The molecule has 2 aromatic carbocycles. The first-order valence-electron chi connectivity index (χ1n) is 9.90. The highest BCUT2D eigenvalue weighted by Crippen LogP contribution is 2.21. The van der Waals surface area contributed by atoms with Crippen LogP contribution in [0.3, 0.4) is 0 Å². The van der Waals surface area contributed by atoms with Crippen LogP contribution < -0.4 is 10.1 Å². The first-order valence-corrected chi connectivity index (χ1v) is 10.3. The average Bonchev–Trinajstić information content (AvgIpc) is 3.24. The van der Waals surface area contributed by atoms with Gasteiger partial charge in [-0.3, -0.25) is 9.69 Å². The Labute approximate surface area is 183 Å². The second-order valence-corrected chi connectivity index (χ2v) is 7.86. The fourth-order valence-electron chi connectivity index (χ4n) is 3.92. The number of likely N-dealkylation sites (tertiary alicyclic amines) is 1. The molecule has 4 rings (SSSR count). The molecule has 0 aromatic heterocycles. The molecule has 2 saturated heterocycles. The molecule has 0 aliphatic carbocycles. The number of carbonyl (C=O) groups is 1. The highest BCUT2D eigenvalue weighted by Gasteiger charge is 2.31. The molecule has 2 heterocycles. The van der Waals surface area contributed by atoms with Gasteiger partial charge in [-0.25, -0.2) is 0 Å². The van der Waals surface area contributed by atoms with Gasteiger partial charge < -0.3 is 15.0 Å². The SMILES string of the molecule is Cl.O=C(c1cccc(OCc2ccc(Cl)cc2)c1)N1CCC(N2CCNCC2)C1. The standard InChI is InChI=1S/C22H26ClN3O2.ClH/c23-19-6-4-17(5-7-19)16-28-21-3-1-2-18(14-21)22(27)26-11-8-20(15-26)25-12-9-24-10-13-25;/h1-7,14,20,24H,8-13,15-16H2;1H.